The van der Waals surface area contributed by atoms with E-state index in [0.717, 1.165) is 37.6 Å². The molecule has 4 heterocycles. The summed E-state index contributed by atoms with van der Waals surface area (Å²) in [5, 5.41) is 0. The zero-order valence-electron chi connectivity index (χ0n) is 13.1. The van der Waals surface area contributed by atoms with Crippen LogP contribution in [0.1, 0.15) is 36.0 Å². The van der Waals surface area contributed by atoms with Crippen molar-refractivity contribution >= 4 is 5.91 Å². The highest BCUT2D eigenvalue weighted by Crippen LogP contribution is 2.38. The zero-order chi connectivity index (χ0) is 16.5. The van der Waals surface area contributed by atoms with Gasteiger partial charge in [-0.3, -0.25) is 14.8 Å². The predicted molar refractivity (Wildman–Crippen MR) is 85.1 cm³/mol. The fourth-order valence-electron chi connectivity index (χ4n) is 3.85. The minimum absolute atomic E-state index is 0.0676. The molecule has 0 N–H and O–H groups in total. The molecule has 0 aromatic carbocycles. The lowest BCUT2D eigenvalue weighted by molar-refractivity contribution is 0.0354. The van der Waals surface area contributed by atoms with E-state index < -0.39 is 5.82 Å². The van der Waals surface area contributed by atoms with E-state index >= 15 is 0 Å². The van der Waals surface area contributed by atoms with Gasteiger partial charge in [-0.25, -0.2) is 4.39 Å². The van der Waals surface area contributed by atoms with Crippen molar-refractivity contribution < 1.29 is 13.9 Å². The Morgan fingerprint density at radius 1 is 1.12 bits per heavy atom. The molecule has 2 unspecified atom stereocenters. The maximum atomic E-state index is 13.9. The molecule has 0 saturated carbocycles. The Balaban J connectivity index is 1.49. The average Bonchev–Trinajstić information content (AvgIpc) is 2.86. The van der Waals surface area contributed by atoms with Crippen LogP contribution >= 0.6 is 0 Å². The summed E-state index contributed by atoms with van der Waals surface area (Å²) >= 11 is 0. The first-order chi connectivity index (χ1) is 11.7. The first-order valence-electron chi connectivity index (χ1n) is 8.21. The molecule has 24 heavy (non-hydrogen) atoms. The summed E-state index contributed by atoms with van der Waals surface area (Å²) in [6, 6.07) is 5.39. The number of hydrogen-bond acceptors (Lipinski definition) is 4. The first-order valence-corrected chi connectivity index (χ1v) is 8.21. The number of rotatable bonds is 3. The van der Waals surface area contributed by atoms with Gasteiger partial charge >= 0.3 is 0 Å². The fraction of sp³-hybridized carbons (Fsp3) is 0.389. The molecule has 0 spiro atoms. The molecule has 4 rings (SSSR count). The van der Waals surface area contributed by atoms with Crippen LogP contribution in [0.3, 0.4) is 0 Å². The minimum Gasteiger partial charge on any atom is -0.489 e. The second-order valence-corrected chi connectivity index (χ2v) is 6.35. The minimum atomic E-state index is -0.560. The van der Waals surface area contributed by atoms with Crippen LogP contribution in [-0.4, -0.2) is 39.0 Å². The van der Waals surface area contributed by atoms with E-state index in [0.29, 0.717) is 0 Å². The summed E-state index contributed by atoms with van der Waals surface area (Å²) in [7, 11) is 0. The topological polar surface area (TPSA) is 55.3 Å². The van der Waals surface area contributed by atoms with Crippen molar-refractivity contribution in [3.63, 3.8) is 0 Å². The van der Waals surface area contributed by atoms with Crippen LogP contribution in [0.15, 0.2) is 43.0 Å². The van der Waals surface area contributed by atoms with Crippen molar-refractivity contribution in [1.29, 1.82) is 0 Å². The molecule has 2 aliphatic heterocycles. The van der Waals surface area contributed by atoms with Crippen LogP contribution in [0.4, 0.5) is 4.39 Å². The lowest BCUT2D eigenvalue weighted by Crippen LogP contribution is -2.49. The van der Waals surface area contributed by atoms with Crippen LogP contribution in [0.2, 0.25) is 0 Å². The Hall–Kier alpha value is -2.50. The highest BCUT2D eigenvalue weighted by molar-refractivity contribution is 5.95. The molecule has 2 bridgehead atoms. The standard InChI is InChI=1S/C18H18FN3O2/c19-17-11-21-7-5-16(17)18(23)22-12-3-4-13(22)9-15(8-12)24-14-2-1-6-20-10-14/h1-2,5-7,10-13,15H,3-4,8-9H2. The van der Waals surface area contributed by atoms with Crippen LogP contribution in [0, 0.1) is 5.82 Å². The van der Waals surface area contributed by atoms with Gasteiger partial charge in [-0.15, -0.1) is 0 Å². The number of hydrogen-bond donors (Lipinski definition) is 0. The highest BCUT2D eigenvalue weighted by atomic mass is 19.1. The molecular formula is C18H18FN3O2. The highest BCUT2D eigenvalue weighted by Gasteiger charge is 2.44. The number of ether oxygens (including phenoxy) is 1. The van der Waals surface area contributed by atoms with Gasteiger partial charge in [0.25, 0.3) is 5.91 Å². The van der Waals surface area contributed by atoms with Crippen molar-refractivity contribution in [1.82, 2.24) is 14.9 Å². The number of carbonyl (C=O) groups excluding carboxylic acids is 1. The molecular weight excluding hydrogens is 309 g/mol. The molecule has 1 amide bonds. The van der Waals surface area contributed by atoms with Crippen molar-refractivity contribution in [2.24, 2.45) is 0 Å². The van der Waals surface area contributed by atoms with Crippen molar-refractivity contribution in [2.45, 2.75) is 43.9 Å². The SMILES string of the molecule is O=C(c1ccncc1F)N1C2CCC1CC(Oc1cccnc1)C2. The van der Waals surface area contributed by atoms with Crippen LogP contribution in [0.25, 0.3) is 0 Å². The molecule has 5 nitrogen and oxygen atoms in total. The molecule has 2 fully saturated rings. The van der Waals surface area contributed by atoms with E-state index in [1.54, 1.807) is 12.4 Å². The normalized spacial score (nSPS) is 25.5. The Morgan fingerprint density at radius 3 is 2.54 bits per heavy atom. The van der Waals surface area contributed by atoms with Crippen molar-refractivity contribution in [2.75, 3.05) is 0 Å². The number of fused-ring (bicyclic) bond motifs is 2. The lowest BCUT2D eigenvalue weighted by Gasteiger charge is -2.39. The largest absolute Gasteiger partial charge is 0.489 e. The number of pyridine rings is 2. The third-order valence-corrected chi connectivity index (χ3v) is 4.86. The Morgan fingerprint density at radius 2 is 1.88 bits per heavy atom. The van der Waals surface area contributed by atoms with Crippen LogP contribution in [-0.2, 0) is 0 Å². The second-order valence-electron chi connectivity index (χ2n) is 6.35. The predicted octanol–water partition coefficient (Wildman–Crippen LogP) is 2.83. The summed E-state index contributed by atoms with van der Waals surface area (Å²) in [6.07, 6.45) is 9.44. The van der Waals surface area contributed by atoms with E-state index in [9.17, 15) is 9.18 Å². The Kier molecular flexibility index (Phi) is 3.88. The van der Waals surface area contributed by atoms with Crippen LogP contribution in [0.5, 0.6) is 5.75 Å². The molecule has 0 radical (unpaired) electrons. The van der Waals surface area contributed by atoms with E-state index in [2.05, 4.69) is 9.97 Å². The second kappa shape index (κ2) is 6.19. The quantitative estimate of drug-likeness (QED) is 0.870. The van der Waals surface area contributed by atoms with Gasteiger partial charge in [0.05, 0.1) is 18.0 Å². The van der Waals surface area contributed by atoms with E-state index in [4.69, 9.17) is 4.74 Å². The van der Waals surface area contributed by atoms with Gasteiger partial charge in [-0.2, -0.15) is 0 Å². The molecule has 2 aliphatic rings. The summed E-state index contributed by atoms with van der Waals surface area (Å²) in [6.45, 7) is 0. The summed E-state index contributed by atoms with van der Waals surface area (Å²) in [5.74, 6) is -0.0419. The summed E-state index contributed by atoms with van der Waals surface area (Å²) < 4.78 is 19.9. The van der Waals surface area contributed by atoms with Gasteiger partial charge in [-0.05, 0) is 31.0 Å². The van der Waals surface area contributed by atoms with Gasteiger partial charge in [0.1, 0.15) is 11.9 Å². The molecule has 2 aromatic rings. The maximum absolute atomic E-state index is 13.9. The number of halogens is 1. The Labute approximate surface area is 139 Å². The molecule has 124 valence electrons. The van der Waals surface area contributed by atoms with E-state index in [1.807, 2.05) is 17.0 Å². The molecule has 2 aromatic heterocycles. The maximum Gasteiger partial charge on any atom is 0.257 e. The number of aromatic nitrogens is 2. The van der Waals surface area contributed by atoms with Crippen LogP contribution < -0.4 is 4.74 Å². The van der Waals surface area contributed by atoms with E-state index in [-0.39, 0.29) is 29.7 Å². The smallest absolute Gasteiger partial charge is 0.257 e. The summed E-state index contributed by atoms with van der Waals surface area (Å²) in [5.41, 5.74) is 0.105. The molecule has 6 heteroatoms. The summed E-state index contributed by atoms with van der Waals surface area (Å²) in [4.78, 5) is 22.4. The van der Waals surface area contributed by atoms with Crippen molar-refractivity contribution in [3.8, 4) is 5.75 Å². The third kappa shape index (κ3) is 2.72. The third-order valence-electron chi connectivity index (χ3n) is 4.86. The zero-order valence-corrected chi connectivity index (χ0v) is 13.1. The number of piperidine rings is 1. The fourth-order valence-corrected chi connectivity index (χ4v) is 3.85. The lowest BCUT2D eigenvalue weighted by atomic mass is 9.98. The van der Waals surface area contributed by atoms with Gasteiger partial charge in [-0.1, -0.05) is 0 Å². The average molecular weight is 327 g/mol. The monoisotopic (exact) mass is 327 g/mol. The molecule has 2 saturated heterocycles. The number of amides is 1. The first kappa shape index (κ1) is 15.1. The van der Waals surface area contributed by atoms with Gasteiger partial charge in [0, 0.05) is 37.3 Å². The van der Waals surface area contributed by atoms with Crippen molar-refractivity contribution in [3.05, 3.63) is 54.4 Å². The van der Waals surface area contributed by atoms with Gasteiger partial charge < -0.3 is 9.64 Å². The Bertz CT molecular complexity index is 726. The van der Waals surface area contributed by atoms with E-state index in [1.165, 1.54) is 12.3 Å². The van der Waals surface area contributed by atoms with Gasteiger partial charge in [0.2, 0.25) is 0 Å². The molecule has 0 aliphatic carbocycles. The molecule has 2 atom stereocenters. The number of carbonyl (C=O) groups is 1. The number of nitrogens with zero attached hydrogens (tertiary/aromatic N) is 3. The van der Waals surface area contributed by atoms with Gasteiger partial charge in [0.15, 0.2) is 5.82 Å².